The Labute approximate surface area is 121 Å². The molecule has 2 aromatic rings. The Morgan fingerprint density at radius 1 is 1.48 bits per heavy atom. The van der Waals surface area contributed by atoms with Gasteiger partial charge in [-0.15, -0.1) is 0 Å². The van der Waals surface area contributed by atoms with Crippen LogP contribution < -0.4 is 5.73 Å². The van der Waals surface area contributed by atoms with E-state index < -0.39 is 0 Å². The Bertz CT molecular complexity index is 643. The number of nitrogen functional groups attached to an aromatic ring is 1. The van der Waals surface area contributed by atoms with E-state index in [2.05, 4.69) is 20.7 Å². The van der Waals surface area contributed by atoms with E-state index in [1.807, 2.05) is 18.7 Å². The van der Waals surface area contributed by atoms with Gasteiger partial charge in [-0.1, -0.05) is 10.3 Å². The van der Waals surface area contributed by atoms with E-state index in [1.54, 1.807) is 0 Å². The Morgan fingerprint density at radius 3 is 2.90 bits per heavy atom. The molecule has 1 fully saturated rings. The summed E-state index contributed by atoms with van der Waals surface area (Å²) in [7, 11) is 0. The van der Waals surface area contributed by atoms with Crippen molar-refractivity contribution in [1.82, 2.24) is 30.3 Å². The van der Waals surface area contributed by atoms with E-state index >= 15 is 0 Å². The lowest BCUT2D eigenvalue weighted by molar-refractivity contribution is -0.133. The highest BCUT2D eigenvalue weighted by molar-refractivity contribution is 5.77. The number of carbonyl (C=O) groups is 1. The predicted molar refractivity (Wildman–Crippen MR) is 71.9 cm³/mol. The van der Waals surface area contributed by atoms with Gasteiger partial charge in [-0.2, -0.15) is 0 Å². The van der Waals surface area contributed by atoms with Gasteiger partial charge in [-0.05, 0) is 37.1 Å². The summed E-state index contributed by atoms with van der Waals surface area (Å²) in [5.41, 5.74) is 7.43. The first kappa shape index (κ1) is 13.5. The summed E-state index contributed by atoms with van der Waals surface area (Å²) < 4.78 is 6.51. The van der Waals surface area contributed by atoms with Crippen molar-refractivity contribution in [2.75, 3.05) is 12.3 Å². The molecule has 3 rings (SSSR count). The van der Waals surface area contributed by atoms with Gasteiger partial charge in [0.2, 0.25) is 11.9 Å². The van der Waals surface area contributed by atoms with E-state index in [9.17, 15) is 4.79 Å². The van der Waals surface area contributed by atoms with Crippen LogP contribution in [0.1, 0.15) is 35.9 Å². The van der Waals surface area contributed by atoms with Crippen LogP contribution >= 0.6 is 0 Å². The second-order valence-electron chi connectivity index (χ2n) is 5.18. The summed E-state index contributed by atoms with van der Waals surface area (Å²) in [6.07, 6.45) is 1.85. The van der Waals surface area contributed by atoms with Crippen LogP contribution in [-0.4, -0.2) is 42.7 Å². The van der Waals surface area contributed by atoms with Gasteiger partial charge in [0.15, 0.2) is 0 Å². The fraction of sp³-hybridized carbons (Fsp3) is 0.583. The molecule has 0 saturated carbocycles. The number of carbonyl (C=O) groups excluding carboxylic acids is 1. The molecule has 1 aliphatic rings. The van der Waals surface area contributed by atoms with Gasteiger partial charge in [0, 0.05) is 12.1 Å². The van der Waals surface area contributed by atoms with Crippen LogP contribution in [0.15, 0.2) is 4.52 Å². The van der Waals surface area contributed by atoms with Crippen molar-refractivity contribution in [2.24, 2.45) is 0 Å². The average molecular weight is 291 g/mol. The molecule has 0 unspecified atom stereocenters. The Kier molecular flexibility index (Phi) is 3.32. The minimum atomic E-state index is -0.0588. The van der Waals surface area contributed by atoms with Crippen LogP contribution in [0.3, 0.4) is 0 Å². The normalized spacial score (nSPS) is 18.4. The number of amides is 1. The summed E-state index contributed by atoms with van der Waals surface area (Å²) in [5, 5.41) is 14.7. The van der Waals surface area contributed by atoms with Gasteiger partial charge in [0.1, 0.15) is 12.3 Å². The zero-order chi connectivity index (χ0) is 15.0. The predicted octanol–water partition coefficient (Wildman–Crippen LogP) is 0.224. The highest BCUT2D eigenvalue weighted by Crippen LogP contribution is 2.35. The highest BCUT2D eigenvalue weighted by atomic mass is 16.5. The van der Waals surface area contributed by atoms with E-state index in [0.717, 1.165) is 29.9 Å². The third-order valence-electron chi connectivity index (χ3n) is 3.84. The largest absolute Gasteiger partial charge is 0.367 e. The number of anilines is 1. The first-order chi connectivity index (χ1) is 10.1. The summed E-state index contributed by atoms with van der Waals surface area (Å²) >= 11 is 0. The zero-order valence-corrected chi connectivity index (χ0v) is 12.0. The van der Waals surface area contributed by atoms with Gasteiger partial charge in [0.05, 0.1) is 11.7 Å². The standard InChI is InChI=1S/C12H17N7O2/c1-7-11(8(2)21-15-7)9-4-3-5-18(9)10(20)6-19-12(13)14-16-17-19/h9H,3-6H2,1-2H3,(H2,13,14,17)/t9-/m1/s1. The molecule has 3 heterocycles. The third-order valence-corrected chi connectivity index (χ3v) is 3.84. The summed E-state index contributed by atoms with van der Waals surface area (Å²) in [6.45, 7) is 4.51. The first-order valence-electron chi connectivity index (χ1n) is 6.82. The molecule has 2 N–H and O–H groups in total. The quantitative estimate of drug-likeness (QED) is 0.860. The summed E-state index contributed by atoms with van der Waals surface area (Å²) in [4.78, 5) is 14.3. The van der Waals surface area contributed by atoms with Crippen LogP contribution in [0.4, 0.5) is 5.95 Å². The van der Waals surface area contributed by atoms with Crippen molar-refractivity contribution in [3.63, 3.8) is 0 Å². The molecular weight excluding hydrogens is 274 g/mol. The molecule has 0 radical (unpaired) electrons. The molecule has 2 aromatic heterocycles. The number of tetrazole rings is 1. The van der Waals surface area contributed by atoms with Gasteiger partial charge in [-0.25, -0.2) is 4.68 Å². The zero-order valence-electron chi connectivity index (χ0n) is 12.0. The van der Waals surface area contributed by atoms with E-state index in [0.29, 0.717) is 6.54 Å². The second-order valence-corrected chi connectivity index (χ2v) is 5.18. The molecule has 0 aromatic carbocycles. The van der Waals surface area contributed by atoms with Crippen molar-refractivity contribution < 1.29 is 9.32 Å². The minimum absolute atomic E-state index is 0.00135. The van der Waals surface area contributed by atoms with Gasteiger partial charge in [-0.3, -0.25) is 4.79 Å². The molecule has 0 aliphatic carbocycles. The maximum Gasteiger partial charge on any atom is 0.245 e. The molecule has 0 bridgehead atoms. The lowest BCUT2D eigenvalue weighted by Gasteiger charge is -2.24. The number of nitrogens with zero attached hydrogens (tertiary/aromatic N) is 6. The fourth-order valence-corrected chi connectivity index (χ4v) is 2.87. The smallest absolute Gasteiger partial charge is 0.245 e. The summed E-state index contributed by atoms with van der Waals surface area (Å²) in [6, 6.07) is 0.00135. The topological polar surface area (TPSA) is 116 Å². The van der Waals surface area contributed by atoms with E-state index in [-0.39, 0.29) is 24.4 Å². The molecule has 1 atom stereocenters. The Hall–Kier alpha value is -2.45. The number of aromatic nitrogens is 5. The number of nitrogens with two attached hydrogens (primary N) is 1. The highest BCUT2D eigenvalue weighted by Gasteiger charge is 2.34. The van der Waals surface area contributed by atoms with Crippen molar-refractivity contribution in [3.05, 3.63) is 17.0 Å². The molecule has 0 spiro atoms. The van der Waals surface area contributed by atoms with Gasteiger partial charge < -0.3 is 15.2 Å². The van der Waals surface area contributed by atoms with Crippen molar-refractivity contribution in [2.45, 2.75) is 39.3 Å². The number of hydrogen-bond donors (Lipinski definition) is 1. The third kappa shape index (κ3) is 2.34. The fourth-order valence-electron chi connectivity index (χ4n) is 2.87. The molecule has 21 heavy (non-hydrogen) atoms. The Balaban J connectivity index is 1.81. The van der Waals surface area contributed by atoms with Crippen molar-refractivity contribution in [3.8, 4) is 0 Å². The lowest BCUT2D eigenvalue weighted by Crippen LogP contribution is -2.34. The first-order valence-corrected chi connectivity index (χ1v) is 6.82. The number of aryl methyl sites for hydroxylation is 2. The number of rotatable bonds is 3. The van der Waals surface area contributed by atoms with Crippen LogP contribution in [0.25, 0.3) is 0 Å². The molecule has 9 nitrogen and oxygen atoms in total. The Morgan fingerprint density at radius 2 is 2.29 bits per heavy atom. The monoisotopic (exact) mass is 291 g/mol. The van der Waals surface area contributed by atoms with Gasteiger partial charge in [0.25, 0.3) is 0 Å². The maximum absolute atomic E-state index is 12.5. The van der Waals surface area contributed by atoms with E-state index in [4.69, 9.17) is 10.3 Å². The average Bonchev–Trinajstić information content (AvgIpc) is 3.13. The number of likely N-dealkylation sites (tertiary alicyclic amines) is 1. The molecule has 9 heteroatoms. The molecular formula is C12H17N7O2. The maximum atomic E-state index is 12.5. The van der Waals surface area contributed by atoms with Crippen LogP contribution in [0.2, 0.25) is 0 Å². The lowest BCUT2D eigenvalue weighted by atomic mass is 10.0. The molecule has 112 valence electrons. The second kappa shape index (κ2) is 5.15. The molecule has 1 aliphatic heterocycles. The minimum Gasteiger partial charge on any atom is -0.367 e. The van der Waals surface area contributed by atoms with Crippen molar-refractivity contribution >= 4 is 11.9 Å². The number of hydrogen-bond acceptors (Lipinski definition) is 7. The van der Waals surface area contributed by atoms with Crippen LogP contribution in [0, 0.1) is 13.8 Å². The van der Waals surface area contributed by atoms with Crippen molar-refractivity contribution in [1.29, 1.82) is 0 Å². The van der Waals surface area contributed by atoms with E-state index in [1.165, 1.54) is 4.68 Å². The molecule has 1 saturated heterocycles. The van der Waals surface area contributed by atoms with Crippen LogP contribution in [0.5, 0.6) is 0 Å². The van der Waals surface area contributed by atoms with Gasteiger partial charge >= 0.3 is 0 Å². The molecule has 1 amide bonds. The van der Waals surface area contributed by atoms with Crippen LogP contribution in [-0.2, 0) is 11.3 Å². The summed E-state index contributed by atoms with van der Waals surface area (Å²) in [5.74, 6) is 0.840. The SMILES string of the molecule is Cc1noc(C)c1[C@H]1CCCN1C(=O)Cn1nnnc1N.